The molecule has 0 aromatic heterocycles. The van der Waals surface area contributed by atoms with Gasteiger partial charge < -0.3 is 9.43 Å². The van der Waals surface area contributed by atoms with Gasteiger partial charge in [0.25, 0.3) is 0 Å². The minimum absolute atomic E-state index is 1.92. The highest BCUT2D eigenvalue weighted by molar-refractivity contribution is 7.79. The van der Waals surface area contributed by atoms with Crippen LogP contribution in [0.3, 0.4) is 0 Å². The zero-order chi connectivity index (χ0) is 8.50. The predicted octanol–water partition coefficient (Wildman–Crippen LogP) is -2.60. The lowest BCUT2D eigenvalue weighted by Gasteiger charge is -1.68. The molecule has 6 nitrogen and oxygen atoms in total. The van der Waals surface area contributed by atoms with Crippen LogP contribution in [0.4, 0.5) is 0 Å². The lowest BCUT2D eigenvalue weighted by Crippen LogP contribution is -1.89. The second-order valence-corrected chi connectivity index (χ2v) is 1.34. The Kier molecular flexibility index (Phi) is 21.2. The van der Waals surface area contributed by atoms with Crippen LogP contribution in [0.15, 0.2) is 0 Å². The number of hydrogen-bond acceptors (Lipinski definition) is 4. The van der Waals surface area contributed by atoms with Gasteiger partial charge in [-0.3, -0.25) is 9.11 Å². The average Bonchev–Trinajstić information content (AvgIpc) is 1.72. The van der Waals surface area contributed by atoms with Crippen molar-refractivity contribution in [2.24, 2.45) is 9.43 Å². The lowest BCUT2D eigenvalue weighted by atomic mass is 13.9. The molecule has 6 N–H and O–H groups in total. The molecule has 0 saturated heterocycles. The summed E-state index contributed by atoms with van der Waals surface area (Å²) in [4.78, 5) is 0. The standard InChI is InChI=1S/2Al.2H2N.H2O4S/c;;;;1-5(2,3)4/h;;2*1H2;(H2,1,2,3,4)/q2*+1;2*-1;. The Morgan fingerprint density at radius 1 is 1.00 bits per heavy atom. The molecule has 0 aromatic carbocycles. The number of hydrogen-bond donors (Lipinski definition) is 4. The van der Waals surface area contributed by atoms with Gasteiger partial charge in [0.05, 0.1) is 0 Å². The zero-order valence-corrected chi connectivity index (χ0v) is 7.55. The maximum absolute atomic E-state index is 8.74. The molecule has 0 spiro atoms. The SMILES string of the molecule is O=S(=O)(O)O.[NH2][Al].[NH2][Al]. The van der Waals surface area contributed by atoms with Crippen LogP contribution in [0.2, 0.25) is 0 Å². The first kappa shape index (κ1) is 16.4. The van der Waals surface area contributed by atoms with Gasteiger partial charge in [-0.2, -0.15) is 8.42 Å². The van der Waals surface area contributed by atoms with Gasteiger partial charge in [0.2, 0.25) is 33.0 Å². The smallest absolute Gasteiger partial charge is 0.394 e. The van der Waals surface area contributed by atoms with Crippen LogP contribution < -0.4 is 9.43 Å². The van der Waals surface area contributed by atoms with Crippen molar-refractivity contribution in [3.8, 4) is 0 Å². The minimum Gasteiger partial charge on any atom is -0.428 e. The molecular weight excluding hydrogens is 178 g/mol. The van der Waals surface area contributed by atoms with Crippen molar-refractivity contribution in [3.05, 3.63) is 0 Å². The van der Waals surface area contributed by atoms with Crippen LogP contribution in [0, 0.1) is 0 Å². The molecule has 0 heterocycles. The van der Waals surface area contributed by atoms with E-state index in [1.54, 1.807) is 0 Å². The van der Waals surface area contributed by atoms with E-state index in [9.17, 15) is 0 Å². The molecule has 52 valence electrons. The van der Waals surface area contributed by atoms with Crippen LogP contribution in [0.25, 0.3) is 0 Å². The highest BCUT2D eigenvalue weighted by Crippen LogP contribution is 1.59. The van der Waals surface area contributed by atoms with Gasteiger partial charge in [0.15, 0.2) is 0 Å². The molecule has 0 amide bonds. The third kappa shape index (κ3) is 569. The van der Waals surface area contributed by atoms with E-state index in [2.05, 4.69) is 9.43 Å². The second-order valence-electron chi connectivity index (χ2n) is 0.448. The Bertz CT molecular complexity index is 99.7. The molecule has 0 aliphatic rings. The third-order valence-corrected chi connectivity index (χ3v) is 0. The monoisotopic (exact) mass is 184 g/mol. The topological polar surface area (TPSA) is 127 Å². The largest absolute Gasteiger partial charge is 0.428 e. The van der Waals surface area contributed by atoms with Crippen LogP contribution >= 0.6 is 0 Å². The van der Waals surface area contributed by atoms with Crippen molar-refractivity contribution >= 4 is 43.4 Å². The molecule has 0 unspecified atom stereocenters. The summed E-state index contributed by atoms with van der Waals surface area (Å²) < 4.78 is 40.4. The van der Waals surface area contributed by atoms with E-state index in [0.717, 1.165) is 0 Å². The summed E-state index contributed by atoms with van der Waals surface area (Å²) in [7, 11) is -4.67. The molecule has 0 bridgehead atoms. The fraction of sp³-hybridized carbons (Fsp3) is 0. The van der Waals surface area contributed by atoms with Crippen molar-refractivity contribution in [2.45, 2.75) is 0 Å². The van der Waals surface area contributed by atoms with E-state index in [-0.39, 0.29) is 0 Å². The normalized spacial score (nSPS) is 7.56. The summed E-state index contributed by atoms with van der Waals surface area (Å²) >= 11 is 3.83. The van der Waals surface area contributed by atoms with E-state index < -0.39 is 10.4 Å². The summed E-state index contributed by atoms with van der Waals surface area (Å²) in [6.07, 6.45) is 0. The average molecular weight is 184 g/mol. The summed E-state index contributed by atoms with van der Waals surface area (Å²) in [5, 5.41) is 0. The maximum atomic E-state index is 8.74. The molecule has 0 rings (SSSR count). The summed E-state index contributed by atoms with van der Waals surface area (Å²) in [6, 6.07) is 0. The van der Waals surface area contributed by atoms with Gasteiger partial charge in [-0.05, 0) is 0 Å². The summed E-state index contributed by atoms with van der Waals surface area (Å²) in [5.41, 5.74) is 0. The lowest BCUT2D eigenvalue weighted by molar-refractivity contribution is 0.381. The van der Waals surface area contributed by atoms with Gasteiger partial charge in [-0.15, -0.1) is 0 Å². The Hall–Kier alpha value is 0.855. The summed E-state index contributed by atoms with van der Waals surface area (Å²) in [6.45, 7) is 0. The van der Waals surface area contributed by atoms with Gasteiger partial charge >= 0.3 is 10.4 Å². The molecule has 0 saturated carbocycles. The Balaban J connectivity index is -0.0000000771. The fourth-order valence-electron chi connectivity index (χ4n) is 0. The van der Waals surface area contributed by atoms with Crippen molar-refractivity contribution in [3.63, 3.8) is 0 Å². The van der Waals surface area contributed by atoms with Gasteiger partial charge in [-0.1, -0.05) is 0 Å². The van der Waals surface area contributed by atoms with E-state index in [0.29, 0.717) is 0 Å². The first-order valence-corrected chi connectivity index (χ1v) is 4.10. The van der Waals surface area contributed by atoms with Crippen LogP contribution in [0.1, 0.15) is 0 Å². The summed E-state index contributed by atoms with van der Waals surface area (Å²) in [5.74, 6) is 0. The predicted molar refractivity (Wildman–Crippen MR) is 34.1 cm³/mol. The Morgan fingerprint density at radius 2 is 1.00 bits per heavy atom. The molecule has 0 aliphatic carbocycles. The molecule has 0 aliphatic heterocycles. The molecule has 9 heteroatoms. The number of rotatable bonds is 0. The Labute approximate surface area is 70.5 Å². The fourth-order valence-corrected chi connectivity index (χ4v) is 0. The first-order chi connectivity index (χ1) is 4.00. The maximum Gasteiger partial charge on any atom is 0.394 e. The molecule has 4 radical (unpaired) electrons. The minimum atomic E-state index is -4.67. The van der Waals surface area contributed by atoms with Crippen molar-refractivity contribution in [1.82, 2.24) is 0 Å². The highest BCUT2D eigenvalue weighted by Gasteiger charge is 1.84. The van der Waals surface area contributed by atoms with Gasteiger partial charge in [0.1, 0.15) is 0 Å². The van der Waals surface area contributed by atoms with Crippen LogP contribution in [0.5, 0.6) is 0 Å². The molecular formula is H6Al2N2O4S. The highest BCUT2D eigenvalue weighted by atomic mass is 32.3. The van der Waals surface area contributed by atoms with Crippen molar-refractivity contribution in [1.29, 1.82) is 0 Å². The second kappa shape index (κ2) is 11.6. The zero-order valence-electron chi connectivity index (χ0n) is 4.43. The molecule has 0 atom stereocenters. The quantitative estimate of drug-likeness (QED) is 0.241. The van der Waals surface area contributed by atoms with Crippen molar-refractivity contribution < 1.29 is 17.5 Å². The van der Waals surface area contributed by atoms with E-state index in [1.807, 2.05) is 33.0 Å². The van der Waals surface area contributed by atoms with E-state index in [4.69, 9.17) is 17.5 Å². The van der Waals surface area contributed by atoms with E-state index in [1.165, 1.54) is 0 Å². The molecule has 0 fully saturated rings. The van der Waals surface area contributed by atoms with E-state index >= 15 is 0 Å². The third-order valence-electron chi connectivity index (χ3n) is 0. The van der Waals surface area contributed by atoms with Crippen molar-refractivity contribution in [2.75, 3.05) is 0 Å². The molecule has 9 heavy (non-hydrogen) atoms. The van der Waals surface area contributed by atoms with Gasteiger partial charge in [-0.25, -0.2) is 0 Å². The van der Waals surface area contributed by atoms with Gasteiger partial charge in [0, 0.05) is 0 Å². The Morgan fingerprint density at radius 3 is 1.00 bits per heavy atom. The van der Waals surface area contributed by atoms with Crippen LogP contribution in [-0.4, -0.2) is 50.5 Å². The number of nitrogens with two attached hydrogens (primary N) is 2. The first-order valence-electron chi connectivity index (χ1n) is 1.37. The van der Waals surface area contributed by atoms with Crippen LogP contribution in [-0.2, 0) is 10.4 Å². The molecule has 0 aromatic rings.